The number of aliphatic carboxylic acids is 1. The lowest BCUT2D eigenvalue weighted by atomic mass is 10.2. The lowest BCUT2D eigenvalue weighted by molar-refractivity contribution is -0.142. The Labute approximate surface area is 67.0 Å². The Balaban J connectivity index is 4.09. The number of likely N-dealkylation sites (N-methyl/N-ethyl adjacent to an activating group) is 1. The van der Waals surface area contributed by atoms with Gasteiger partial charge in [0.25, 0.3) is 0 Å². The van der Waals surface area contributed by atoms with Crippen LogP contribution in [0, 0.1) is 0 Å². The van der Waals surface area contributed by atoms with E-state index in [1.54, 1.807) is 0 Å². The molecule has 0 aromatic rings. The maximum absolute atomic E-state index is 10.6. The van der Waals surface area contributed by atoms with Gasteiger partial charge in [-0.1, -0.05) is 13.8 Å². The van der Waals surface area contributed by atoms with E-state index in [4.69, 9.17) is 10.8 Å². The van der Waals surface area contributed by atoms with Crippen LogP contribution in [0.3, 0.4) is 0 Å². The normalized spacial score (nSPS) is 13.5. The Morgan fingerprint density at radius 3 is 2.09 bits per heavy atom. The highest BCUT2D eigenvalue weighted by Crippen LogP contribution is 1.96. The summed E-state index contributed by atoms with van der Waals surface area (Å²) in [7, 11) is 0. The van der Waals surface area contributed by atoms with Crippen molar-refractivity contribution in [1.29, 1.82) is 0 Å². The first-order valence-corrected chi connectivity index (χ1v) is 3.84. The summed E-state index contributed by atoms with van der Waals surface area (Å²) in [6.07, 6.45) is 0. The van der Waals surface area contributed by atoms with Crippen LogP contribution >= 0.6 is 0 Å². The van der Waals surface area contributed by atoms with Gasteiger partial charge in [0, 0.05) is 6.54 Å². The Bertz CT molecular complexity index is 124. The summed E-state index contributed by atoms with van der Waals surface area (Å²) in [6.45, 7) is 5.48. The van der Waals surface area contributed by atoms with Crippen molar-refractivity contribution in [3.63, 3.8) is 0 Å². The average Bonchev–Trinajstić information content (AvgIpc) is 1.99. The molecule has 0 aliphatic heterocycles. The smallest absolute Gasteiger partial charge is 0.322 e. The van der Waals surface area contributed by atoms with Crippen molar-refractivity contribution in [1.82, 2.24) is 4.90 Å². The van der Waals surface area contributed by atoms with Crippen LogP contribution in [0.2, 0.25) is 0 Å². The van der Waals surface area contributed by atoms with Gasteiger partial charge in [-0.05, 0) is 13.1 Å². The molecule has 3 N–H and O–H groups in total. The summed E-state index contributed by atoms with van der Waals surface area (Å²) in [6, 6.07) is -0.523. The van der Waals surface area contributed by atoms with E-state index in [-0.39, 0.29) is 6.54 Å². The van der Waals surface area contributed by atoms with E-state index in [2.05, 4.69) is 0 Å². The van der Waals surface area contributed by atoms with Gasteiger partial charge in [0.1, 0.15) is 6.04 Å². The second-order valence-corrected chi connectivity index (χ2v) is 2.31. The molecule has 0 aromatic carbocycles. The molecule has 0 saturated heterocycles. The van der Waals surface area contributed by atoms with Crippen LogP contribution in [0.1, 0.15) is 13.8 Å². The first-order valence-electron chi connectivity index (χ1n) is 3.84. The van der Waals surface area contributed by atoms with Gasteiger partial charge >= 0.3 is 5.97 Å². The fourth-order valence-corrected chi connectivity index (χ4v) is 1.07. The molecule has 0 fully saturated rings. The molecule has 66 valence electrons. The number of carboxylic acids is 1. The van der Waals surface area contributed by atoms with Crippen molar-refractivity contribution in [2.45, 2.75) is 19.9 Å². The molecule has 0 aliphatic carbocycles. The van der Waals surface area contributed by atoms with Gasteiger partial charge in [0.05, 0.1) is 0 Å². The summed E-state index contributed by atoms with van der Waals surface area (Å²) in [5.74, 6) is -0.837. The molecule has 0 spiro atoms. The third kappa shape index (κ3) is 2.86. The first-order chi connectivity index (χ1) is 5.17. The number of hydrogen-bond acceptors (Lipinski definition) is 3. The van der Waals surface area contributed by atoms with Crippen molar-refractivity contribution in [3.8, 4) is 0 Å². The van der Waals surface area contributed by atoms with E-state index in [9.17, 15) is 4.79 Å². The van der Waals surface area contributed by atoms with Gasteiger partial charge in [0.15, 0.2) is 0 Å². The monoisotopic (exact) mass is 160 g/mol. The molecular weight excluding hydrogens is 144 g/mol. The summed E-state index contributed by atoms with van der Waals surface area (Å²) >= 11 is 0. The SMILES string of the molecule is CCN(CC)[C@@H](CN)C(=O)O. The molecule has 0 heterocycles. The molecule has 0 bridgehead atoms. The van der Waals surface area contributed by atoms with Crippen molar-refractivity contribution < 1.29 is 9.90 Å². The zero-order chi connectivity index (χ0) is 8.85. The van der Waals surface area contributed by atoms with Crippen molar-refractivity contribution in [2.24, 2.45) is 5.73 Å². The highest BCUT2D eigenvalue weighted by molar-refractivity contribution is 5.73. The van der Waals surface area contributed by atoms with Crippen LogP contribution in [0.5, 0.6) is 0 Å². The zero-order valence-corrected chi connectivity index (χ0v) is 7.08. The molecule has 0 radical (unpaired) electrons. The number of nitrogens with zero attached hydrogens (tertiary/aromatic N) is 1. The molecule has 0 rings (SSSR count). The minimum atomic E-state index is -0.837. The topological polar surface area (TPSA) is 66.6 Å². The summed E-state index contributed by atoms with van der Waals surface area (Å²) in [5, 5.41) is 8.68. The van der Waals surface area contributed by atoms with Crippen molar-refractivity contribution >= 4 is 5.97 Å². The highest BCUT2D eigenvalue weighted by atomic mass is 16.4. The first kappa shape index (κ1) is 10.4. The number of carboxylic acid groups (broad SMARTS) is 1. The number of carbonyl (C=O) groups is 1. The summed E-state index contributed by atoms with van der Waals surface area (Å²) in [5.41, 5.74) is 5.30. The quantitative estimate of drug-likeness (QED) is 0.581. The van der Waals surface area contributed by atoms with Crippen LogP contribution in [0.4, 0.5) is 0 Å². The maximum Gasteiger partial charge on any atom is 0.322 e. The van der Waals surface area contributed by atoms with Gasteiger partial charge < -0.3 is 10.8 Å². The van der Waals surface area contributed by atoms with E-state index >= 15 is 0 Å². The summed E-state index contributed by atoms with van der Waals surface area (Å²) in [4.78, 5) is 12.4. The van der Waals surface area contributed by atoms with E-state index in [0.29, 0.717) is 0 Å². The highest BCUT2D eigenvalue weighted by Gasteiger charge is 2.20. The van der Waals surface area contributed by atoms with Gasteiger partial charge in [-0.25, -0.2) is 0 Å². The molecule has 4 nitrogen and oxygen atoms in total. The zero-order valence-electron chi connectivity index (χ0n) is 7.08. The molecule has 4 heteroatoms. The van der Waals surface area contributed by atoms with Gasteiger partial charge in [-0.15, -0.1) is 0 Å². The van der Waals surface area contributed by atoms with E-state index in [1.165, 1.54) is 0 Å². The van der Waals surface area contributed by atoms with Gasteiger partial charge in [-0.2, -0.15) is 0 Å². The van der Waals surface area contributed by atoms with Crippen LogP contribution in [-0.2, 0) is 4.79 Å². The predicted octanol–water partition coefficient (Wildman–Crippen LogP) is -0.260. The number of hydrogen-bond donors (Lipinski definition) is 2. The third-order valence-corrected chi connectivity index (χ3v) is 1.76. The van der Waals surface area contributed by atoms with Crippen LogP contribution in [0.25, 0.3) is 0 Å². The number of rotatable bonds is 5. The maximum atomic E-state index is 10.6. The van der Waals surface area contributed by atoms with E-state index < -0.39 is 12.0 Å². The van der Waals surface area contributed by atoms with Gasteiger partial charge in [0.2, 0.25) is 0 Å². The molecule has 11 heavy (non-hydrogen) atoms. The second-order valence-electron chi connectivity index (χ2n) is 2.31. The molecule has 0 aliphatic rings. The second kappa shape index (κ2) is 5.09. The standard InChI is InChI=1S/C7H16N2O2/c1-3-9(4-2)6(5-8)7(10)11/h6H,3-5,8H2,1-2H3,(H,10,11)/t6-/m0/s1. The predicted molar refractivity (Wildman–Crippen MR) is 43.4 cm³/mol. The fraction of sp³-hybridized carbons (Fsp3) is 0.857. The Hall–Kier alpha value is -0.610. The molecule has 0 saturated carbocycles. The van der Waals surface area contributed by atoms with Gasteiger partial charge in [-0.3, -0.25) is 9.69 Å². The summed E-state index contributed by atoms with van der Waals surface area (Å²) < 4.78 is 0. The minimum absolute atomic E-state index is 0.178. The Kier molecular flexibility index (Phi) is 4.81. The number of nitrogens with two attached hydrogens (primary N) is 1. The van der Waals surface area contributed by atoms with Crippen molar-refractivity contribution in [2.75, 3.05) is 19.6 Å². The molecule has 1 atom stereocenters. The molecule has 0 unspecified atom stereocenters. The lowest BCUT2D eigenvalue weighted by Crippen LogP contribution is -2.45. The third-order valence-electron chi connectivity index (χ3n) is 1.76. The molecule has 0 aromatic heterocycles. The Morgan fingerprint density at radius 2 is 2.00 bits per heavy atom. The van der Waals surface area contributed by atoms with E-state index in [0.717, 1.165) is 13.1 Å². The molecule has 0 amide bonds. The van der Waals surface area contributed by atoms with Crippen LogP contribution in [-0.4, -0.2) is 41.7 Å². The van der Waals surface area contributed by atoms with Crippen molar-refractivity contribution in [3.05, 3.63) is 0 Å². The lowest BCUT2D eigenvalue weighted by Gasteiger charge is -2.24. The largest absolute Gasteiger partial charge is 0.480 e. The van der Waals surface area contributed by atoms with E-state index in [1.807, 2.05) is 18.7 Å². The fourth-order valence-electron chi connectivity index (χ4n) is 1.07. The Morgan fingerprint density at radius 1 is 1.55 bits per heavy atom. The van der Waals surface area contributed by atoms with Crippen LogP contribution in [0.15, 0.2) is 0 Å². The average molecular weight is 160 g/mol. The van der Waals surface area contributed by atoms with Crippen LogP contribution < -0.4 is 5.73 Å². The molecular formula is C7H16N2O2. The minimum Gasteiger partial charge on any atom is -0.480 e.